The minimum Gasteiger partial charge on any atom is -0.424 e. The largest absolute Gasteiger partial charge is 0.424 e. The standard InChI is InChI=1S/C19H20N4O/c1-3-13-8-9-23-12(2)15(21-18(23)11-13)6-4-14-5-7-16-17(10-14)24-19(20)22-16/h5,7-11H,3-4,6H2,1-2H3,(H2,20,22). The fraction of sp³-hybridized carbons (Fsp3) is 0.263. The van der Waals surface area contributed by atoms with Crippen LogP contribution >= 0.6 is 0 Å². The Morgan fingerprint density at radius 2 is 1.96 bits per heavy atom. The van der Waals surface area contributed by atoms with Crippen molar-refractivity contribution in [3.05, 3.63) is 59.0 Å². The molecule has 5 heteroatoms. The van der Waals surface area contributed by atoms with Gasteiger partial charge in [0, 0.05) is 11.9 Å². The second-order valence-electron chi connectivity index (χ2n) is 6.11. The van der Waals surface area contributed by atoms with E-state index >= 15 is 0 Å². The Kier molecular flexibility index (Phi) is 3.49. The summed E-state index contributed by atoms with van der Waals surface area (Å²) >= 11 is 0. The first-order valence-corrected chi connectivity index (χ1v) is 8.25. The van der Waals surface area contributed by atoms with Crippen LogP contribution in [0.5, 0.6) is 0 Å². The number of rotatable bonds is 4. The quantitative estimate of drug-likeness (QED) is 0.622. The fourth-order valence-corrected chi connectivity index (χ4v) is 3.12. The van der Waals surface area contributed by atoms with Gasteiger partial charge in [-0.3, -0.25) is 0 Å². The SMILES string of the molecule is CCc1ccn2c(C)c(CCc3ccc4nc(N)oc4c3)nc2c1. The third kappa shape index (κ3) is 2.52. The van der Waals surface area contributed by atoms with Gasteiger partial charge in [-0.1, -0.05) is 13.0 Å². The van der Waals surface area contributed by atoms with E-state index in [9.17, 15) is 0 Å². The predicted molar refractivity (Wildman–Crippen MR) is 95.1 cm³/mol. The molecule has 0 radical (unpaired) electrons. The van der Waals surface area contributed by atoms with Gasteiger partial charge in [-0.15, -0.1) is 0 Å². The van der Waals surface area contributed by atoms with Crippen LogP contribution in [0.2, 0.25) is 0 Å². The van der Waals surface area contributed by atoms with Crippen LogP contribution in [0.4, 0.5) is 6.01 Å². The van der Waals surface area contributed by atoms with Gasteiger partial charge in [-0.2, -0.15) is 4.98 Å². The first kappa shape index (κ1) is 14.8. The molecule has 0 unspecified atom stereocenters. The van der Waals surface area contributed by atoms with Gasteiger partial charge >= 0.3 is 0 Å². The maximum atomic E-state index is 5.60. The number of benzene rings is 1. The molecule has 0 bridgehead atoms. The zero-order chi connectivity index (χ0) is 16.7. The molecule has 0 fully saturated rings. The lowest BCUT2D eigenvalue weighted by atomic mass is 10.1. The molecule has 0 aliphatic carbocycles. The van der Waals surface area contributed by atoms with E-state index in [1.165, 1.54) is 16.8 Å². The van der Waals surface area contributed by atoms with Crippen LogP contribution in [0, 0.1) is 6.92 Å². The summed E-state index contributed by atoms with van der Waals surface area (Å²) in [6.07, 6.45) is 4.94. The van der Waals surface area contributed by atoms with Crippen molar-refractivity contribution in [2.45, 2.75) is 33.1 Å². The van der Waals surface area contributed by atoms with Crippen LogP contribution in [0.15, 0.2) is 40.9 Å². The van der Waals surface area contributed by atoms with E-state index in [4.69, 9.17) is 15.1 Å². The lowest BCUT2D eigenvalue weighted by molar-refractivity contribution is 0.625. The highest BCUT2D eigenvalue weighted by molar-refractivity contribution is 5.74. The normalized spacial score (nSPS) is 11.6. The Hall–Kier alpha value is -2.82. The van der Waals surface area contributed by atoms with Crippen molar-refractivity contribution >= 4 is 22.8 Å². The van der Waals surface area contributed by atoms with Crippen molar-refractivity contribution in [3.8, 4) is 0 Å². The monoisotopic (exact) mass is 320 g/mol. The molecule has 3 heterocycles. The highest BCUT2D eigenvalue weighted by atomic mass is 16.4. The van der Waals surface area contributed by atoms with Crippen molar-refractivity contribution in [1.82, 2.24) is 14.4 Å². The molecule has 0 atom stereocenters. The first-order valence-electron chi connectivity index (χ1n) is 8.25. The van der Waals surface area contributed by atoms with Gasteiger partial charge in [0.1, 0.15) is 11.2 Å². The van der Waals surface area contributed by atoms with E-state index < -0.39 is 0 Å². The summed E-state index contributed by atoms with van der Waals surface area (Å²) in [5.41, 5.74) is 13.0. The van der Waals surface area contributed by atoms with Crippen LogP contribution in [-0.2, 0) is 19.3 Å². The van der Waals surface area contributed by atoms with Gasteiger partial charge < -0.3 is 14.6 Å². The van der Waals surface area contributed by atoms with Gasteiger partial charge in [0.2, 0.25) is 0 Å². The molecule has 122 valence electrons. The molecule has 4 aromatic rings. The summed E-state index contributed by atoms with van der Waals surface area (Å²) in [4.78, 5) is 8.94. The van der Waals surface area contributed by atoms with E-state index in [0.29, 0.717) is 0 Å². The summed E-state index contributed by atoms with van der Waals surface area (Å²) in [6, 6.07) is 10.6. The van der Waals surface area contributed by atoms with E-state index in [1.54, 1.807) is 0 Å². The van der Waals surface area contributed by atoms with Crippen LogP contribution < -0.4 is 5.73 Å². The van der Waals surface area contributed by atoms with Crippen LogP contribution in [0.3, 0.4) is 0 Å². The number of hydrogen-bond donors (Lipinski definition) is 1. The molecule has 0 aliphatic heterocycles. The Morgan fingerprint density at radius 1 is 1.08 bits per heavy atom. The van der Waals surface area contributed by atoms with E-state index in [1.807, 2.05) is 12.1 Å². The number of imidazole rings is 1. The third-order valence-electron chi connectivity index (χ3n) is 4.56. The summed E-state index contributed by atoms with van der Waals surface area (Å²) in [6.45, 7) is 4.29. The molecular weight excluding hydrogens is 300 g/mol. The maximum absolute atomic E-state index is 5.60. The average molecular weight is 320 g/mol. The number of pyridine rings is 1. The van der Waals surface area contributed by atoms with Crippen molar-refractivity contribution in [1.29, 1.82) is 0 Å². The second kappa shape index (κ2) is 5.67. The number of nitrogens with zero attached hydrogens (tertiary/aromatic N) is 3. The molecule has 0 spiro atoms. The molecule has 0 saturated heterocycles. The highest BCUT2D eigenvalue weighted by Gasteiger charge is 2.10. The Morgan fingerprint density at radius 3 is 2.79 bits per heavy atom. The molecule has 24 heavy (non-hydrogen) atoms. The molecular formula is C19H20N4O. The van der Waals surface area contributed by atoms with Crippen molar-refractivity contribution in [2.24, 2.45) is 0 Å². The molecule has 2 N–H and O–H groups in total. The maximum Gasteiger partial charge on any atom is 0.292 e. The minimum atomic E-state index is 0.213. The molecule has 5 nitrogen and oxygen atoms in total. The van der Waals surface area contributed by atoms with Crippen LogP contribution in [0.25, 0.3) is 16.7 Å². The van der Waals surface area contributed by atoms with E-state index in [2.05, 4.69) is 47.6 Å². The zero-order valence-electron chi connectivity index (χ0n) is 13.9. The second-order valence-corrected chi connectivity index (χ2v) is 6.11. The molecule has 0 aliphatic rings. The van der Waals surface area contributed by atoms with Gasteiger partial charge in [0.25, 0.3) is 6.01 Å². The zero-order valence-corrected chi connectivity index (χ0v) is 13.9. The van der Waals surface area contributed by atoms with Crippen molar-refractivity contribution < 1.29 is 4.42 Å². The van der Waals surface area contributed by atoms with Gasteiger partial charge in [-0.05, 0) is 61.6 Å². The molecule has 1 aromatic carbocycles. The Labute approximate surface area is 140 Å². The van der Waals surface area contributed by atoms with Gasteiger partial charge in [-0.25, -0.2) is 4.98 Å². The summed E-state index contributed by atoms with van der Waals surface area (Å²) in [5, 5.41) is 0. The van der Waals surface area contributed by atoms with Crippen LogP contribution in [0.1, 0.15) is 29.4 Å². The molecule has 3 aromatic heterocycles. The van der Waals surface area contributed by atoms with E-state index in [0.717, 1.165) is 41.7 Å². The summed E-state index contributed by atoms with van der Waals surface area (Å²) in [7, 11) is 0. The van der Waals surface area contributed by atoms with Gasteiger partial charge in [0.05, 0.1) is 5.69 Å². The number of aromatic nitrogens is 3. The van der Waals surface area contributed by atoms with Crippen LogP contribution in [-0.4, -0.2) is 14.4 Å². The number of nitrogen functional groups attached to an aromatic ring is 1. The first-order chi connectivity index (χ1) is 11.6. The minimum absolute atomic E-state index is 0.213. The average Bonchev–Trinajstić information content (AvgIpc) is 3.11. The predicted octanol–water partition coefficient (Wildman–Crippen LogP) is 3.71. The third-order valence-corrected chi connectivity index (χ3v) is 4.56. The summed E-state index contributed by atoms with van der Waals surface area (Å²) < 4.78 is 7.57. The highest BCUT2D eigenvalue weighted by Crippen LogP contribution is 2.20. The number of aryl methyl sites for hydroxylation is 4. The number of hydrogen-bond acceptors (Lipinski definition) is 4. The van der Waals surface area contributed by atoms with Gasteiger partial charge in [0.15, 0.2) is 5.58 Å². The lowest BCUT2D eigenvalue weighted by Crippen LogP contribution is -1.95. The Balaban J connectivity index is 1.60. The van der Waals surface area contributed by atoms with Crippen molar-refractivity contribution in [2.75, 3.05) is 5.73 Å². The number of nitrogens with two attached hydrogens (primary N) is 1. The van der Waals surface area contributed by atoms with E-state index in [-0.39, 0.29) is 6.01 Å². The topological polar surface area (TPSA) is 69.3 Å². The smallest absolute Gasteiger partial charge is 0.292 e. The summed E-state index contributed by atoms with van der Waals surface area (Å²) in [5.74, 6) is 0. The lowest BCUT2D eigenvalue weighted by Gasteiger charge is -2.01. The fourth-order valence-electron chi connectivity index (χ4n) is 3.12. The Bertz CT molecular complexity index is 1030. The molecule has 0 amide bonds. The molecule has 4 rings (SSSR count). The molecule has 0 saturated carbocycles. The number of fused-ring (bicyclic) bond motifs is 2. The van der Waals surface area contributed by atoms with Crippen molar-refractivity contribution in [3.63, 3.8) is 0 Å². The number of anilines is 1. The number of oxazole rings is 1.